The first-order valence-electron chi connectivity index (χ1n) is 7.96. The molecule has 4 aliphatic rings. The lowest BCUT2D eigenvalue weighted by molar-refractivity contribution is -0.00395. The second kappa shape index (κ2) is 5.32. The van der Waals surface area contributed by atoms with Crippen molar-refractivity contribution >= 4 is 0 Å². The summed E-state index contributed by atoms with van der Waals surface area (Å²) in [6.45, 7) is 9.47. The van der Waals surface area contributed by atoms with Gasteiger partial charge in [-0.2, -0.15) is 0 Å². The van der Waals surface area contributed by atoms with Crippen molar-refractivity contribution in [1.82, 2.24) is 9.80 Å². The van der Waals surface area contributed by atoms with Crippen LogP contribution in [0.25, 0.3) is 0 Å². The molecule has 4 nitrogen and oxygen atoms in total. The van der Waals surface area contributed by atoms with Crippen LogP contribution in [0.2, 0.25) is 0 Å². The molecule has 0 aliphatic carbocycles. The van der Waals surface area contributed by atoms with Gasteiger partial charge < -0.3 is 10.8 Å². The Balaban J connectivity index is 1.83. The van der Waals surface area contributed by atoms with Gasteiger partial charge in [0.1, 0.15) is 0 Å². The number of aliphatic hydroxyl groups is 1. The number of hydrogen-bond acceptors (Lipinski definition) is 4. The maximum atomic E-state index is 9.54. The molecule has 4 heteroatoms. The molecule has 0 aromatic heterocycles. The molecule has 4 fully saturated rings. The molecule has 4 aliphatic heterocycles. The molecule has 19 heavy (non-hydrogen) atoms. The van der Waals surface area contributed by atoms with Crippen molar-refractivity contribution in [1.29, 1.82) is 0 Å². The third kappa shape index (κ3) is 2.33. The number of piperidine rings is 3. The molecular formula is C15H29N3O. The van der Waals surface area contributed by atoms with Crippen LogP contribution in [0.5, 0.6) is 0 Å². The summed E-state index contributed by atoms with van der Waals surface area (Å²) in [6, 6.07) is 0.877. The lowest BCUT2D eigenvalue weighted by Crippen LogP contribution is -2.61. The molecule has 0 spiro atoms. The monoisotopic (exact) mass is 267 g/mol. The molecule has 0 aromatic rings. The number of hydrogen-bond donors (Lipinski definition) is 2. The predicted octanol–water partition coefficient (Wildman–Crippen LogP) is 0.357. The van der Waals surface area contributed by atoms with Crippen LogP contribution in [0.1, 0.15) is 26.7 Å². The Bertz CT molecular complexity index is 315. The third-order valence-corrected chi connectivity index (χ3v) is 5.51. The summed E-state index contributed by atoms with van der Waals surface area (Å²) in [7, 11) is 0. The Morgan fingerprint density at radius 3 is 2.53 bits per heavy atom. The minimum Gasteiger partial charge on any atom is -0.395 e. The number of nitrogens with zero attached hydrogens (tertiary/aromatic N) is 2. The minimum absolute atomic E-state index is 0.0897. The van der Waals surface area contributed by atoms with Crippen LogP contribution in [0.4, 0.5) is 0 Å². The van der Waals surface area contributed by atoms with Gasteiger partial charge in [0.2, 0.25) is 0 Å². The topological polar surface area (TPSA) is 52.7 Å². The standard InChI is InChI=1S/C15H29N3O/c1-10(2)7-18-8-12-11-3-5-17(6-4-11)14(12)15(18)13(16)9-19/h10-15,19H,3-9,16H2,1-2H3. The highest BCUT2D eigenvalue weighted by Gasteiger charge is 2.53. The molecule has 0 amide bonds. The Hall–Kier alpha value is -0.160. The fraction of sp³-hybridized carbons (Fsp3) is 1.00. The normalized spacial score (nSPS) is 43.7. The molecule has 4 unspecified atom stereocenters. The lowest BCUT2D eigenvalue weighted by Gasteiger charge is -2.50. The van der Waals surface area contributed by atoms with E-state index in [1.807, 2.05) is 0 Å². The second-order valence-electron chi connectivity index (χ2n) is 7.21. The van der Waals surface area contributed by atoms with E-state index in [-0.39, 0.29) is 12.6 Å². The van der Waals surface area contributed by atoms with Crippen molar-refractivity contribution in [2.24, 2.45) is 23.5 Å². The zero-order chi connectivity index (χ0) is 13.6. The number of aliphatic hydroxyl groups excluding tert-OH is 1. The third-order valence-electron chi connectivity index (χ3n) is 5.51. The zero-order valence-electron chi connectivity index (χ0n) is 12.3. The van der Waals surface area contributed by atoms with E-state index >= 15 is 0 Å². The van der Waals surface area contributed by atoms with Gasteiger partial charge in [-0.3, -0.25) is 9.80 Å². The molecule has 4 heterocycles. The van der Waals surface area contributed by atoms with E-state index in [0.717, 1.165) is 18.4 Å². The summed E-state index contributed by atoms with van der Waals surface area (Å²) in [5.41, 5.74) is 6.26. The van der Waals surface area contributed by atoms with Gasteiger partial charge in [-0.05, 0) is 43.7 Å². The van der Waals surface area contributed by atoms with E-state index in [9.17, 15) is 5.11 Å². The average Bonchev–Trinajstić information content (AvgIpc) is 2.79. The van der Waals surface area contributed by atoms with Crippen LogP contribution in [-0.2, 0) is 0 Å². The zero-order valence-corrected chi connectivity index (χ0v) is 12.3. The van der Waals surface area contributed by atoms with E-state index in [1.165, 1.54) is 32.5 Å². The first-order chi connectivity index (χ1) is 9.11. The lowest BCUT2D eigenvalue weighted by atomic mass is 9.73. The van der Waals surface area contributed by atoms with E-state index in [1.54, 1.807) is 0 Å². The van der Waals surface area contributed by atoms with E-state index in [2.05, 4.69) is 23.6 Å². The van der Waals surface area contributed by atoms with E-state index in [0.29, 0.717) is 18.0 Å². The van der Waals surface area contributed by atoms with Gasteiger partial charge in [-0.25, -0.2) is 0 Å². The van der Waals surface area contributed by atoms with Crippen molar-refractivity contribution < 1.29 is 5.11 Å². The summed E-state index contributed by atoms with van der Waals surface area (Å²) in [6.07, 6.45) is 2.75. The van der Waals surface area contributed by atoms with Crippen LogP contribution < -0.4 is 5.73 Å². The van der Waals surface area contributed by atoms with Gasteiger partial charge in [-0.15, -0.1) is 0 Å². The first kappa shape index (κ1) is 13.8. The quantitative estimate of drug-likeness (QED) is 0.772. The molecule has 3 N–H and O–H groups in total. The van der Waals surface area contributed by atoms with Crippen LogP contribution in [0, 0.1) is 17.8 Å². The molecule has 4 atom stereocenters. The summed E-state index contributed by atoms with van der Waals surface area (Å²) in [4.78, 5) is 5.24. The molecular weight excluding hydrogens is 238 g/mol. The number of fused-ring (bicyclic) bond motifs is 2. The Morgan fingerprint density at radius 1 is 1.26 bits per heavy atom. The van der Waals surface area contributed by atoms with Crippen molar-refractivity contribution in [2.45, 2.75) is 44.8 Å². The van der Waals surface area contributed by atoms with Crippen LogP contribution in [0.3, 0.4) is 0 Å². The predicted molar refractivity (Wildman–Crippen MR) is 76.8 cm³/mol. The molecule has 0 aromatic carbocycles. The summed E-state index contributed by atoms with van der Waals surface area (Å²) in [5.74, 6) is 2.37. The van der Waals surface area contributed by atoms with Gasteiger partial charge >= 0.3 is 0 Å². The summed E-state index contributed by atoms with van der Waals surface area (Å²) in [5, 5.41) is 9.54. The molecule has 4 saturated heterocycles. The highest BCUT2D eigenvalue weighted by atomic mass is 16.3. The first-order valence-corrected chi connectivity index (χ1v) is 7.96. The highest BCUT2D eigenvalue weighted by Crippen LogP contribution is 2.44. The summed E-state index contributed by atoms with van der Waals surface area (Å²) >= 11 is 0. The van der Waals surface area contributed by atoms with Gasteiger partial charge in [0.25, 0.3) is 0 Å². The highest BCUT2D eigenvalue weighted by molar-refractivity contribution is 5.09. The minimum atomic E-state index is -0.0897. The number of nitrogens with two attached hydrogens (primary N) is 1. The molecule has 110 valence electrons. The largest absolute Gasteiger partial charge is 0.395 e. The van der Waals surface area contributed by atoms with Crippen molar-refractivity contribution in [3.63, 3.8) is 0 Å². The van der Waals surface area contributed by atoms with Gasteiger partial charge in [0.15, 0.2) is 0 Å². The molecule has 0 saturated carbocycles. The number of rotatable bonds is 4. The van der Waals surface area contributed by atoms with Crippen LogP contribution in [-0.4, -0.2) is 65.8 Å². The Labute approximate surface area is 116 Å². The van der Waals surface area contributed by atoms with Crippen LogP contribution in [0.15, 0.2) is 0 Å². The smallest absolute Gasteiger partial charge is 0.0598 e. The average molecular weight is 267 g/mol. The van der Waals surface area contributed by atoms with E-state index in [4.69, 9.17) is 5.73 Å². The number of likely N-dealkylation sites (tertiary alicyclic amines) is 1. The molecule has 2 bridgehead atoms. The Morgan fingerprint density at radius 2 is 1.95 bits per heavy atom. The Kier molecular flexibility index (Phi) is 3.87. The van der Waals surface area contributed by atoms with Crippen molar-refractivity contribution in [3.8, 4) is 0 Å². The summed E-state index contributed by atoms with van der Waals surface area (Å²) < 4.78 is 0. The maximum Gasteiger partial charge on any atom is 0.0598 e. The molecule has 0 radical (unpaired) electrons. The van der Waals surface area contributed by atoms with E-state index < -0.39 is 0 Å². The van der Waals surface area contributed by atoms with Gasteiger partial charge in [-0.1, -0.05) is 13.8 Å². The fourth-order valence-electron chi connectivity index (χ4n) is 4.83. The molecule has 4 rings (SSSR count). The maximum absolute atomic E-state index is 9.54. The van der Waals surface area contributed by atoms with Gasteiger partial charge in [0.05, 0.1) is 6.61 Å². The van der Waals surface area contributed by atoms with Crippen molar-refractivity contribution in [2.75, 3.05) is 32.8 Å². The fourth-order valence-corrected chi connectivity index (χ4v) is 4.83. The van der Waals surface area contributed by atoms with Crippen molar-refractivity contribution in [3.05, 3.63) is 0 Å². The van der Waals surface area contributed by atoms with Gasteiger partial charge in [0, 0.05) is 31.2 Å². The second-order valence-corrected chi connectivity index (χ2v) is 7.21. The SMILES string of the molecule is CC(C)CN1CC2C3CCN(CC3)C2C1C(N)CO. The van der Waals surface area contributed by atoms with Crippen LogP contribution >= 0.6 is 0 Å².